The van der Waals surface area contributed by atoms with Crippen molar-refractivity contribution < 1.29 is 18.7 Å². The van der Waals surface area contributed by atoms with E-state index in [1.165, 1.54) is 17.7 Å². The number of nitrogens with zero attached hydrogens (tertiary/aromatic N) is 3. The third-order valence-corrected chi connectivity index (χ3v) is 7.88. The van der Waals surface area contributed by atoms with Gasteiger partial charge < -0.3 is 19.9 Å². The number of hydrogen-bond acceptors (Lipinski definition) is 5. The quantitative estimate of drug-likeness (QED) is 0.486. The molecule has 2 aromatic carbocycles. The molecule has 2 fully saturated rings. The van der Waals surface area contributed by atoms with Crippen LogP contribution in [0.1, 0.15) is 71.4 Å². The molecule has 2 aliphatic heterocycles. The second-order valence-corrected chi connectivity index (χ2v) is 12.5. The van der Waals surface area contributed by atoms with Crippen molar-refractivity contribution in [3.63, 3.8) is 0 Å². The average Bonchev–Trinajstić information content (AvgIpc) is 2.88. The average molecular weight is 553 g/mol. The van der Waals surface area contributed by atoms with Gasteiger partial charge in [-0.1, -0.05) is 24.3 Å². The highest BCUT2D eigenvalue weighted by atomic mass is 19.1. The number of nitrogens with one attached hydrogen (secondary N) is 1. The van der Waals surface area contributed by atoms with Gasteiger partial charge in [0.1, 0.15) is 11.4 Å². The standard InChI is InChI=1S/C32H45FN4O3/c1-22-19-35(20-23(2)37(22)31(39)40-32(4,5)6)21-25-7-9-26(10-8-25)24(3)30(38)36-17-15-29(16-18-36)34-28-13-11-27(33)12-14-28/h7-14,22-24,29,34H,15-21H2,1-6H3/t22-,23+,24?. The summed E-state index contributed by atoms with van der Waals surface area (Å²) in [6, 6.07) is 15.2. The fraction of sp³-hybridized carbons (Fsp3) is 0.562. The van der Waals surface area contributed by atoms with Crippen LogP contribution >= 0.6 is 0 Å². The van der Waals surface area contributed by atoms with Crippen LogP contribution in [0.2, 0.25) is 0 Å². The minimum absolute atomic E-state index is 0.0607. The second-order valence-electron chi connectivity index (χ2n) is 12.5. The maximum Gasteiger partial charge on any atom is 0.410 e. The number of hydrogen-bond donors (Lipinski definition) is 1. The first kappa shape index (κ1) is 29.8. The molecule has 0 spiro atoms. The van der Waals surface area contributed by atoms with Crippen LogP contribution in [0, 0.1) is 5.82 Å². The molecule has 0 radical (unpaired) electrons. The molecule has 8 heteroatoms. The molecule has 4 rings (SSSR count). The Balaban J connectivity index is 1.26. The normalized spacial score (nSPS) is 21.7. The number of amides is 2. The van der Waals surface area contributed by atoms with Gasteiger partial charge in [0.25, 0.3) is 0 Å². The van der Waals surface area contributed by atoms with Gasteiger partial charge in [-0.3, -0.25) is 9.69 Å². The molecule has 7 nitrogen and oxygen atoms in total. The Morgan fingerprint density at radius 3 is 2.10 bits per heavy atom. The van der Waals surface area contributed by atoms with Crippen LogP contribution in [0.25, 0.3) is 0 Å². The van der Waals surface area contributed by atoms with Crippen molar-refractivity contribution in [3.8, 4) is 0 Å². The van der Waals surface area contributed by atoms with Crippen LogP contribution in [0.3, 0.4) is 0 Å². The zero-order valence-corrected chi connectivity index (χ0v) is 24.8. The number of ether oxygens (including phenoxy) is 1. The van der Waals surface area contributed by atoms with E-state index in [4.69, 9.17) is 4.74 Å². The second kappa shape index (κ2) is 12.6. The predicted octanol–water partition coefficient (Wildman–Crippen LogP) is 5.86. The molecule has 1 unspecified atom stereocenters. The first-order valence-electron chi connectivity index (χ1n) is 14.5. The van der Waals surface area contributed by atoms with Crippen molar-refractivity contribution in [2.75, 3.05) is 31.5 Å². The Hall–Kier alpha value is -3.13. The number of piperazine rings is 1. The molecule has 3 atom stereocenters. The largest absolute Gasteiger partial charge is 0.444 e. The van der Waals surface area contributed by atoms with E-state index in [-0.39, 0.29) is 41.9 Å². The summed E-state index contributed by atoms with van der Waals surface area (Å²) in [5.74, 6) is -0.280. The molecule has 2 aromatic rings. The number of likely N-dealkylation sites (tertiary alicyclic amines) is 1. The summed E-state index contributed by atoms with van der Waals surface area (Å²) >= 11 is 0. The van der Waals surface area contributed by atoms with E-state index in [2.05, 4.69) is 48.3 Å². The Bertz CT molecular complexity index is 1130. The fourth-order valence-electron chi connectivity index (χ4n) is 5.85. The molecule has 2 heterocycles. The van der Waals surface area contributed by atoms with Gasteiger partial charge in [-0.2, -0.15) is 0 Å². The molecule has 40 heavy (non-hydrogen) atoms. The van der Waals surface area contributed by atoms with Crippen molar-refractivity contribution >= 4 is 17.7 Å². The van der Waals surface area contributed by atoms with Crippen LogP contribution in [0.4, 0.5) is 14.9 Å². The number of carbonyl (C=O) groups is 2. The van der Waals surface area contributed by atoms with Crippen LogP contribution in [-0.4, -0.2) is 76.6 Å². The zero-order valence-electron chi connectivity index (χ0n) is 24.8. The lowest BCUT2D eigenvalue weighted by molar-refractivity contribution is -0.133. The van der Waals surface area contributed by atoms with Crippen molar-refractivity contribution in [1.29, 1.82) is 0 Å². The van der Waals surface area contributed by atoms with Gasteiger partial charge in [0.15, 0.2) is 0 Å². The van der Waals surface area contributed by atoms with Crippen molar-refractivity contribution in [2.45, 2.75) is 90.6 Å². The molecule has 0 aliphatic carbocycles. The molecule has 0 saturated carbocycles. The summed E-state index contributed by atoms with van der Waals surface area (Å²) in [5.41, 5.74) is 2.62. The van der Waals surface area contributed by atoms with Crippen LogP contribution in [0.15, 0.2) is 48.5 Å². The molecule has 218 valence electrons. The zero-order chi connectivity index (χ0) is 29.0. The summed E-state index contributed by atoms with van der Waals surface area (Å²) in [7, 11) is 0. The number of halogens is 1. The predicted molar refractivity (Wildman–Crippen MR) is 157 cm³/mol. The number of carbonyl (C=O) groups excluding carboxylic acids is 2. The van der Waals surface area contributed by atoms with Gasteiger partial charge in [-0.05, 0) is 89.8 Å². The minimum Gasteiger partial charge on any atom is -0.444 e. The van der Waals surface area contributed by atoms with E-state index in [0.29, 0.717) is 13.1 Å². The summed E-state index contributed by atoms with van der Waals surface area (Å²) in [5, 5.41) is 3.46. The van der Waals surface area contributed by atoms with E-state index in [9.17, 15) is 14.0 Å². The summed E-state index contributed by atoms with van der Waals surface area (Å²) in [6.07, 6.45) is 1.49. The summed E-state index contributed by atoms with van der Waals surface area (Å²) < 4.78 is 18.8. The van der Waals surface area contributed by atoms with E-state index in [0.717, 1.165) is 43.7 Å². The Kier molecular flexibility index (Phi) is 9.39. The molecule has 2 aliphatic rings. The molecular weight excluding hydrogens is 507 g/mol. The third kappa shape index (κ3) is 7.74. The van der Waals surface area contributed by atoms with E-state index in [1.807, 2.05) is 37.5 Å². The van der Waals surface area contributed by atoms with Gasteiger partial charge in [0, 0.05) is 56.5 Å². The van der Waals surface area contributed by atoms with Crippen molar-refractivity contribution in [1.82, 2.24) is 14.7 Å². The van der Waals surface area contributed by atoms with E-state index < -0.39 is 5.60 Å². The van der Waals surface area contributed by atoms with Gasteiger partial charge in [0.2, 0.25) is 5.91 Å². The summed E-state index contributed by atoms with van der Waals surface area (Å²) in [6.45, 7) is 15.6. The molecule has 1 N–H and O–H groups in total. The fourth-order valence-corrected chi connectivity index (χ4v) is 5.85. The van der Waals surface area contributed by atoms with Crippen molar-refractivity contribution in [3.05, 3.63) is 65.5 Å². The first-order valence-corrected chi connectivity index (χ1v) is 14.5. The lowest BCUT2D eigenvalue weighted by Gasteiger charge is -2.44. The number of anilines is 1. The topological polar surface area (TPSA) is 65.1 Å². The Morgan fingerprint density at radius 2 is 1.55 bits per heavy atom. The van der Waals surface area contributed by atoms with Crippen LogP contribution in [-0.2, 0) is 16.1 Å². The lowest BCUT2D eigenvalue weighted by atomic mass is 9.96. The van der Waals surface area contributed by atoms with Crippen LogP contribution < -0.4 is 5.32 Å². The van der Waals surface area contributed by atoms with Gasteiger partial charge in [0.05, 0.1) is 5.92 Å². The Morgan fingerprint density at radius 1 is 0.975 bits per heavy atom. The number of benzene rings is 2. The lowest BCUT2D eigenvalue weighted by Crippen LogP contribution is -2.59. The SMILES string of the molecule is CC(C(=O)N1CCC(Nc2ccc(F)cc2)CC1)c1ccc(CN2C[C@@H](C)N(C(=O)OC(C)(C)C)[C@@H](C)C2)cc1. The number of rotatable bonds is 6. The third-order valence-electron chi connectivity index (χ3n) is 7.88. The highest BCUT2D eigenvalue weighted by molar-refractivity contribution is 5.83. The van der Waals surface area contributed by atoms with Gasteiger partial charge >= 0.3 is 6.09 Å². The molecule has 0 aromatic heterocycles. The van der Waals surface area contributed by atoms with E-state index in [1.54, 1.807) is 12.1 Å². The molecule has 0 bridgehead atoms. The number of piperidine rings is 1. The van der Waals surface area contributed by atoms with Crippen molar-refractivity contribution in [2.24, 2.45) is 0 Å². The minimum atomic E-state index is -0.507. The maximum absolute atomic E-state index is 13.3. The van der Waals surface area contributed by atoms with Gasteiger partial charge in [-0.25, -0.2) is 9.18 Å². The highest BCUT2D eigenvalue weighted by Gasteiger charge is 2.35. The Labute approximate surface area is 238 Å². The maximum atomic E-state index is 13.3. The molecular formula is C32H45FN4O3. The molecule has 2 amide bonds. The highest BCUT2D eigenvalue weighted by Crippen LogP contribution is 2.25. The van der Waals surface area contributed by atoms with Crippen LogP contribution in [0.5, 0.6) is 0 Å². The monoisotopic (exact) mass is 552 g/mol. The molecule has 2 saturated heterocycles. The van der Waals surface area contributed by atoms with E-state index >= 15 is 0 Å². The smallest absolute Gasteiger partial charge is 0.410 e. The van der Waals surface area contributed by atoms with Gasteiger partial charge in [-0.15, -0.1) is 0 Å². The first-order chi connectivity index (χ1) is 18.9. The summed E-state index contributed by atoms with van der Waals surface area (Å²) in [4.78, 5) is 32.2.